The molecule has 7 rings (SSSR count). The second-order valence-electron chi connectivity index (χ2n) is 11.3. The molecule has 43 heavy (non-hydrogen) atoms. The Balaban J connectivity index is 1.25. The fourth-order valence-corrected chi connectivity index (χ4v) is 5.32. The van der Waals surface area contributed by atoms with E-state index in [2.05, 4.69) is 70.6 Å². The van der Waals surface area contributed by atoms with Crippen LogP contribution in [0.3, 0.4) is 0 Å². The van der Waals surface area contributed by atoms with E-state index >= 15 is 0 Å². The summed E-state index contributed by atoms with van der Waals surface area (Å²) in [5, 5.41) is 0. The van der Waals surface area contributed by atoms with Crippen molar-refractivity contribution in [3.63, 3.8) is 0 Å². The van der Waals surface area contributed by atoms with E-state index < -0.39 is 12.4 Å². The molecule has 0 bridgehead atoms. The van der Waals surface area contributed by atoms with Gasteiger partial charge in [-0.05, 0) is 79.4 Å². The summed E-state index contributed by atoms with van der Waals surface area (Å²) in [6.07, 6.45) is 0. The predicted octanol–water partition coefficient (Wildman–Crippen LogP) is 8.47. The Kier molecular flexibility index (Phi) is 6.01. The van der Waals surface area contributed by atoms with Crippen LogP contribution in [-0.2, 0) is 9.47 Å². The first-order chi connectivity index (χ1) is 22.1. The van der Waals surface area contributed by atoms with E-state index in [1.54, 1.807) is 6.92 Å². The van der Waals surface area contributed by atoms with Gasteiger partial charge in [-0.15, -0.1) is 0 Å². The summed E-state index contributed by atoms with van der Waals surface area (Å²) in [6, 6.07) is 39.2. The smallest absolute Gasteiger partial charge is 0.216 e. The van der Waals surface area contributed by atoms with Crippen molar-refractivity contribution in [2.75, 3.05) is 13.2 Å². The van der Waals surface area contributed by atoms with Gasteiger partial charge in [0.25, 0.3) is 0 Å². The molecular formula is C38H33N3O2. The van der Waals surface area contributed by atoms with Crippen molar-refractivity contribution in [3.8, 4) is 44.8 Å². The Morgan fingerprint density at radius 1 is 0.628 bits per heavy atom. The van der Waals surface area contributed by atoms with Gasteiger partial charge in [0.1, 0.15) is 13.2 Å². The molecule has 1 aromatic heterocycles. The molecule has 0 amide bonds. The summed E-state index contributed by atoms with van der Waals surface area (Å²) in [6.45, 7) is 2.02. The van der Waals surface area contributed by atoms with Gasteiger partial charge in [0.2, 0.25) is 11.8 Å². The molecule has 2 atom stereocenters. The van der Waals surface area contributed by atoms with E-state index in [1.165, 1.54) is 5.56 Å². The molecule has 4 aromatic carbocycles. The molecule has 0 fully saturated rings. The lowest BCUT2D eigenvalue weighted by atomic mass is 9.97. The van der Waals surface area contributed by atoms with Crippen molar-refractivity contribution in [1.82, 2.24) is 4.98 Å². The molecule has 5 heteroatoms. The Morgan fingerprint density at radius 3 is 1.67 bits per heavy atom. The molecule has 3 heterocycles. The van der Waals surface area contributed by atoms with Gasteiger partial charge in [-0.1, -0.05) is 78.9 Å². The van der Waals surface area contributed by atoms with Crippen LogP contribution in [0.4, 0.5) is 0 Å². The molecule has 0 spiro atoms. The van der Waals surface area contributed by atoms with E-state index in [4.69, 9.17) is 18.6 Å². The number of hydrogen-bond donors (Lipinski definition) is 0. The number of nitrogens with zero attached hydrogens (tertiary/aromatic N) is 3. The zero-order valence-corrected chi connectivity index (χ0v) is 24.1. The van der Waals surface area contributed by atoms with Crippen LogP contribution in [0.25, 0.3) is 44.8 Å². The van der Waals surface area contributed by atoms with Crippen LogP contribution in [0.15, 0.2) is 125 Å². The van der Waals surface area contributed by atoms with Crippen LogP contribution < -0.4 is 0 Å². The van der Waals surface area contributed by atoms with E-state index in [-0.39, 0.29) is 12.6 Å². The van der Waals surface area contributed by atoms with E-state index in [1.807, 2.05) is 61.5 Å². The second-order valence-corrected chi connectivity index (χ2v) is 11.3. The average molecular weight is 567 g/mol. The minimum absolute atomic E-state index is 0.0217. The monoisotopic (exact) mass is 566 g/mol. The maximum atomic E-state index is 7.85. The normalized spacial score (nSPS) is 20.7. The lowest BCUT2D eigenvalue weighted by Gasteiger charge is -2.12. The first-order valence-corrected chi connectivity index (χ1v) is 14.5. The largest absolute Gasteiger partial charge is 0.475 e. The van der Waals surface area contributed by atoms with Crippen LogP contribution in [0.5, 0.6) is 0 Å². The Bertz CT molecular complexity index is 1940. The summed E-state index contributed by atoms with van der Waals surface area (Å²) in [5.41, 5.74) is 8.43. The van der Waals surface area contributed by atoms with E-state index in [0.29, 0.717) is 18.4 Å². The minimum Gasteiger partial charge on any atom is -0.475 e. The molecule has 0 saturated heterocycles. The predicted molar refractivity (Wildman–Crippen MR) is 174 cm³/mol. The summed E-state index contributed by atoms with van der Waals surface area (Å²) < 4.78 is 35.0. The van der Waals surface area contributed by atoms with Gasteiger partial charge < -0.3 is 9.47 Å². The molecule has 0 radical (unpaired) electrons. The fourth-order valence-electron chi connectivity index (χ4n) is 5.32. The van der Waals surface area contributed by atoms with Crippen LogP contribution in [0, 0.1) is 0 Å². The first kappa shape index (κ1) is 23.5. The Morgan fingerprint density at radius 2 is 1.14 bits per heavy atom. The summed E-state index contributed by atoms with van der Waals surface area (Å²) in [7, 11) is 0. The molecule has 212 valence electrons. The highest BCUT2D eigenvalue weighted by atomic mass is 16.5. The molecule has 2 aliphatic heterocycles. The standard InChI is InChI=1S/C38H33N3O2/c1-25-23-42-36(39-25)31-17-13-29(14-18-31)34-21-33(28-11-9-27(10-12-28)26-7-5-4-6-8-26)22-35(40-34)30-15-19-32(20-16-30)37-41-38(2,3)24-43-37/h4-22,25H,23-24H2,1-3H3/i2D3. The van der Waals surface area contributed by atoms with Crippen molar-refractivity contribution < 1.29 is 13.6 Å². The van der Waals surface area contributed by atoms with Gasteiger partial charge in [-0.3, -0.25) is 0 Å². The molecule has 2 aliphatic rings. The quantitative estimate of drug-likeness (QED) is 0.207. The van der Waals surface area contributed by atoms with Gasteiger partial charge in [-0.2, -0.15) is 0 Å². The highest BCUT2D eigenvalue weighted by molar-refractivity contribution is 5.96. The molecule has 0 saturated carbocycles. The second kappa shape index (κ2) is 11.0. The van der Waals surface area contributed by atoms with Crippen molar-refractivity contribution in [2.24, 2.45) is 9.98 Å². The Labute approximate surface area is 256 Å². The van der Waals surface area contributed by atoms with Crippen molar-refractivity contribution in [2.45, 2.75) is 32.3 Å². The summed E-state index contributed by atoms with van der Waals surface area (Å²) in [5.74, 6) is 1.02. The van der Waals surface area contributed by atoms with Crippen molar-refractivity contribution in [3.05, 3.63) is 126 Å². The number of pyridine rings is 1. The topological polar surface area (TPSA) is 56.1 Å². The van der Waals surface area contributed by atoms with Gasteiger partial charge >= 0.3 is 0 Å². The first-order valence-electron chi connectivity index (χ1n) is 16.0. The average Bonchev–Trinajstić information content (AvgIpc) is 3.71. The minimum atomic E-state index is -2.25. The molecule has 5 nitrogen and oxygen atoms in total. The van der Waals surface area contributed by atoms with Crippen LogP contribution >= 0.6 is 0 Å². The number of rotatable bonds is 6. The lowest BCUT2D eigenvalue weighted by molar-refractivity contribution is 0.279. The summed E-state index contributed by atoms with van der Waals surface area (Å²) in [4.78, 5) is 14.1. The third-order valence-corrected chi connectivity index (χ3v) is 7.64. The highest BCUT2D eigenvalue weighted by Gasteiger charge is 2.27. The lowest BCUT2D eigenvalue weighted by Crippen LogP contribution is -2.17. The van der Waals surface area contributed by atoms with Crippen molar-refractivity contribution in [1.29, 1.82) is 0 Å². The molecule has 2 unspecified atom stereocenters. The van der Waals surface area contributed by atoms with Gasteiger partial charge in [-0.25, -0.2) is 15.0 Å². The van der Waals surface area contributed by atoms with Gasteiger partial charge in [0.05, 0.1) is 23.0 Å². The molecular weight excluding hydrogens is 530 g/mol. The van der Waals surface area contributed by atoms with Crippen LogP contribution in [0.1, 0.15) is 35.9 Å². The van der Waals surface area contributed by atoms with E-state index in [9.17, 15) is 0 Å². The van der Waals surface area contributed by atoms with Crippen LogP contribution in [0.2, 0.25) is 0 Å². The number of aromatic nitrogens is 1. The van der Waals surface area contributed by atoms with Crippen molar-refractivity contribution >= 4 is 11.8 Å². The zero-order chi connectivity index (χ0) is 31.9. The maximum Gasteiger partial charge on any atom is 0.216 e. The fraction of sp³-hybridized carbons (Fsp3) is 0.184. The highest BCUT2D eigenvalue weighted by Crippen LogP contribution is 2.32. The maximum absolute atomic E-state index is 7.85. The number of benzene rings is 4. The number of hydrogen-bond acceptors (Lipinski definition) is 5. The van der Waals surface area contributed by atoms with Gasteiger partial charge in [0.15, 0.2) is 0 Å². The van der Waals surface area contributed by atoms with Crippen LogP contribution in [-0.4, -0.2) is 41.6 Å². The molecule has 5 aromatic rings. The zero-order valence-electron chi connectivity index (χ0n) is 27.1. The molecule has 0 N–H and O–H groups in total. The third-order valence-electron chi connectivity index (χ3n) is 7.64. The number of ether oxygens (including phenoxy) is 2. The third kappa shape index (κ3) is 5.71. The Hall–Kier alpha value is -5.03. The SMILES string of the molecule is [2H]C([2H])([2H])C1(C)COC(c2ccc(-c3cc(-c4ccc(-c5ccccc5)cc4)cc(-c4ccc(C5=NC(C)CO5)cc4)n3)cc2)=N1. The molecule has 0 aliphatic carbocycles. The van der Waals surface area contributed by atoms with Gasteiger partial charge in [0, 0.05) is 26.4 Å². The number of aliphatic imine (C=N–C) groups is 2. The van der Waals surface area contributed by atoms with E-state index in [0.717, 1.165) is 50.3 Å². The summed E-state index contributed by atoms with van der Waals surface area (Å²) >= 11 is 0.